The summed E-state index contributed by atoms with van der Waals surface area (Å²) in [6.45, 7) is 3.89. The molecule has 0 saturated carbocycles. The third kappa shape index (κ3) is 12.8. The van der Waals surface area contributed by atoms with Gasteiger partial charge >= 0.3 is 24.3 Å². The van der Waals surface area contributed by atoms with Gasteiger partial charge in [0.15, 0.2) is 0 Å². The molecule has 15 heteroatoms. The summed E-state index contributed by atoms with van der Waals surface area (Å²) in [4.78, 5) is 24.3. The molecule has 0 aliphatic carbocycles. The number of esters is 2. The molecular formula is C21H33F7O7S. The number of hydrogen-bond acceptors (Lipinski definition) is 8. The summed E-state index contributed by atoms with van der Waals surface area (Å²) in [5.74, 6) is -1.49. The quantitative estimate of drug-likeness (QED) is 0.0454. The molecule has 0 fully saturated rings. The average molecular weight is 563 g/mol. The van der Waals surface area contributed by atoms with Gasteiger partial charge in [-0.15, -0.1) is 4.33 Å². The van der Waals surface area contributed by atoms with Crippen LogP contribution >= 0.6 is 12.0 Å². The molecule has 0 aromatic heterocycles. The molecule has 0 aliphatic rings. The second kappa shape index (κ2) is 17.2. The first kappa shape index (κ1) is 34.7. The van der Waals surface area contributed by atoms with Crippen LogP contribution in [0, 0.1) is 5.92 Å². The molecule has 0 aromatic carbocycles. The molecule has 214 valence electrons. The first-order chi connectivity index (χ1) is 16.7. The van der Waals surface area contributed by atoms with E-state index < -0.39 is 54.5 Å². The first-order valence-electron chi connectivity index (χ1n) is 11.5. The first-order valence-corrected chi connectivity index (χ1v) is 12.3. The van der Waals surface area contributed by atoms with E-state index in [0.29, 0.717) is 0 Å². The highest BCUT2D eigenvalue weighted by Crippen LogP contribution is 2.49. The zero-order valence-corrected chi connectivity index (χ0v) is 20.9. The van der Waals surface area contributed by atoms with Crippen molar-refractivity contribution in [1.29, 1.82) is 0 Å². The van der Waals surface area contributed by atoms with Gasteiger partial charge in [0.05, 0.1) is 31.7 Å². The smallest absolute Gasteiger partial charge is 0.431 e. The molecule has 0 aliphatic heterocycles. The van der Waals surface area contributed by atoms with Crippen LogP contribution in [-0.2, 0) is 28.4 Å². The van der Waals surface area contributed by atoms with Gasteiger partial charge in [0.25, 0.3) is 5.67 Å². The van der Waals surface area contributed by atoms with E-state index in [9.17, 15) is 40.3 Å². The van der Waals surface area contributed by atoms with Crippen LogP contribution in [0.3, 0.4) is 0 Å². The minimum Gasteiger partial charge on any atom is -0.465 e. The highest BCUT2D eigenvalue weighted by atomic mass is 32.2. The number of alkyl halides is 7. The standard InChI is InChI=1S/C21H33F7O7S/c1-3-5-10-15(4-2)14-33-17(29)13-16(36-35-34-31)18(30)32-12-9-7-6-8-11-19(22,20(23,24)25)21(26,27)28/h15-16,31H,3-14H2,1-2H3. The van der Waals surface area contributed by atoms with Gasteiger partial charge < -0.3 is 9.47 Å². The van der Waals surface area contributed by atoms with Crippen LogP contribution in [-0.4, -0.2) is 53.7 Å². The fraction of sp³-hybridized carbons (Fsp3) is 0.905. The van der Waals surface area contributed by atoms with Crippen LogP contribution in [0.5, 0.6) is 0 Å². The van der Waals surface area contributed by atoms with Gasteiger partial charge in [-0.1, -0.05) is 51.0 Å². The largest absolute Gasteiger partial charge is 0.465 e. The predicted molar refractivity (Wildman–Crippen MR) is 115 cm³/mol. The lowest BCUT2D eigenvalue weighted by Gasteiger charge is -2.29. The summed E-state index contributed by atoms with van der Waals surface area (Å²) in [6.07, 6.45) is -11.5. The van der Waals surface area contributed by atoms with Crippen LogP contribution in [0.15, 0.2) is 0 Å². The van der Waals surface area contributed by atoms with E-state index in [2.05, 4.69) is 9.37 Å². The molecule has 0 amide bonds. The van der Waals surface area contributed by atoms with Crippen molar-refractivity contribution in [2.45, 2.75) is 101 Å². The van der Waals surface area contributed by atoms with Gasteiger partial charge in [-0.25, -0.2) is 9.65 Å². The summed E-state index contributed by atoms with van der Waals surface area (Å²) < 4.78 is 103. The third-order valence-electron chi connectivity index (χ3n) is 5.38. The van der Waals surface area contributed by atoms with Gasteiger partial charge in [-0.05, 0) is 31.6 Å². The van der Waals surface area contributed by atoms with E-state index in [1.54, 1.807) is 0 Å². The van der Waals surface area contributed by atoms with Crippen molar-refractivity contribution in [2.24, 2.45) is 5.92 Å². The number of rotatable bonds is 19. The summed E-state index contributed by atoms with van der Waals surface area (Å²) in [5, 5.41) is 10.4. The molecule has 36 heavy (non-hydrogen) atoms. The Kier molecular flexibility index (Phi) is 16.6. The van der Waals surface area contributed by atoms with Crippen molar-refractivity contribution < 1.29 is 64.4 Å². The van der Waals surface area contributed by atoms with Crippen LogP contribution in [0.1, 0.15) is 78.1 Å². The lowest BCUT2D eigenvalue weighted by molar-refractivity contribution is -0.432. The summed E-state index contributed by atoms with van der Waals surface area (Å²) in [6, 6.07) is 0. The van der Waals surface area contributed by atoms with Crippen LogP contribution in [0.4, 0.5) is 30.7 Å². The van der Waals surface area contributed by atoms with Gasteiger partial charge in [0.1, 0.15) is 5.25 Å². The molecule has 0 radical (unpaired) electrons. The fourth-order valence-electron chi connectivity index (χ4n) is 3.07. The number of ether oxygens (including phenoxy) is 2. The Morgan fingerprint density at radius 2 is 1.50 bits per heavy atom. The van der Waals surface area contributed by atoms with Gasteiger partial charge in [-0.2, -0.15) is 26.3 Å². The van der Waals surface area contributed by atoms with Gasteiger partial charge in [-0.3, -0.25) is 9.59 Å². The number of carbonyl (C=O) groups is 2. The van der Waals surface area contributed by atoms with Crippen molar-refractivity contribution in [1.82, 2.24) is 0 Å². The molecule has 0 aromatic rings. The number of carbonyl (C=O) groups excluding carboxylic acids is 2. The van der Waals surface area contributed by atoms with Crippen molar-refractivity contribution in [2.75, 3.05) is 13.2 Å². The zero-order chi connectivity index (χ0) is 27.8. The highest BCUT2D eigenvalue weighted by Gasteiger charge is 2.71. The van der Waals surface area contributed by atoms with E-state index in [1.165, 1.54) is 0 Å². The Morgan fingerprint density at radius 3 is 2.03 bits per heavy atom. The number of halogens is 7. The Morgan fingerprint density at radius 1 is 0.889 bits per heavy atom. The summed E-state index contributed by atoms with van der Waals surface area (Å²) >= 11 is 0.289. The Hall–Kier alpha value is -1.32. The van der Waals surface area contributed by atoms with Crippen molar-refractivity contribution in [3.63, 3.8) is 0 Å². The SMILES string of the molecule is CCCCC(CC)COC(=O)CC(SOOO)C(=O)OCCCCCCC(F)(C(F)(F)F)C(F)(F)F. The minimum atomic E-state index is -6.08. The molecule has 1 N–H and O–H groups in total. The van der Waals surface area contributed by atoms with E-state index in [4.69, 9.17) is 14.7 Å². The number of unbranched alkanes of at least 4 members (excludes halogenated alkanes) is 4. The molecule has 2 unspecified atom stereocenters. The van der Waals surface area contributed by atoms with Crippen LogP contribution < -0.4 is 0 Å². The van der Waals surface area contributed by atoms with Crippen molar-refractivity contribution in [3.8, 4) is 0 Å². The van der Waals surface area contributed by atoms with E-state index in [1.807, 2.05) is 13.8 Å². The molecule has 0 bridgehead atoms. The van der Waals surface area contributed by atoms with Crippen molar-refractivity contribution >= 4 is 24.0 Å². The number of hydrogen-bond donors (Lipinski definition) is 1. The molecule has 0 saturated heterocycles. The fourth-order valence-corrected chi connectivity index (χ4v) is 3.56. The lowest BCUT2D eigenvalue weighted by atomic mass is 9.96. The normalized spacial score (nSPS) is 14.4. The van der Waals surface area contributed by atoms with Crippen molar-refractivity contribution in [3.05, 3.63) is 0 Å². The lowest BCUT2D eigenvalue weighted by Crippen LogP contribution is -2.53. The Bertz CT molecular complexity index is 619. The maximum absolute atomic E-state index is 13.6. The summed E-state index contributed by atoms with van der Waals surface area (Å²) in [5.41, 5.74) is -5.28. The second-order valence-electron chi connectivity index (χ2n) is 8.16. The maximum Gasteiger partial charge on any atom is 0.431 e. The van der Waals surface area contributed by atoms with E-state index in [-0.39, 0.29) is 50.4 Å². The summed E-state index contributed by atoms with van der Waals surface area (Å²) in [7, 11) is 0. The monoisotopic (exact) mass is 562 g/mol. The topological polar surface area (TPSA) is 91.3 Å². The Balaban J connectivity index is 4.49. The van der Waals surface area contributed by atoms with E-state index in [0.717, 1.165) is 25.7 Å². The highest BCUT2D eigenvalue weighted by molar-refractivity contribution is 7.95. The van der Waals surface area contributed by atoms with Crippen LogP contribution in [0.25, 0.3) is 0 Å². The van der Waals surface area contributed by atoms with E-state index >= 15 is 0 Å². The molecule has 0 spiro atoms. The minimum absolute atomic E-state index is 0.0609. The maximum atomic E-state index is 13.6. The van der Waals surface area contributed by atoms with Crippen LogP contribution in [0.2, 0.25) is 0 Å². The molecule has 0 rings (SSSR count). The van der Waals surface area contributed by atoms with Gasteiger partial charge in [0, 0.05) is 0 Å². The zero-order valence-electron chi connectivity index (χ0n) is 20.1. The average Bonchev–Trinajstić information content (AvgIpc) is 2.79. The molecular weight excluding hydrogens is 529 g/mol. The van der Waals surface area contributed by atoms with Gasteiger partial charge in [0.2, 0.25) is 0 Å². The Labute approximate surface area is 209 Å². The molecule has 0 heterocycles. The predicted octanol–water partition coefficient (Wildman–Crippen LogP) is 6.90. The third-order valence-corrected chi connectivity index (χ3v) is 6.11. The molecule has 2 atom stereocenters. The second-order valence-corrected chi connectivity index (χ2v) is 9.06. The molecule has 7 nitrogen and oxygen atoms in total.